The number of nitrogens with one attached hydrogen (secondary N) is 2. The second kappa shape index (κ2) is 21.2. The van der Waals surface area contributed by atoms with E-state index >= 15 is 0 Å². The number of methoxy groups -OCH3 is 1. The molecule has 13 heteroatoms. The molecule has 13 nitrogen and oxygen atoms in total. The van der Waals surface area contributed by atoms with Gasteiger partial charge in [0, 0.05) is 32.9 Å². The van der Waals surface area contributed by atoms with Crippen LogP contribution in [0.5, 0.6) is 0 Å². The summed E-state index contributed by atoms with van der Waals surface area (Å²) in [4.78, 5) is 75.7. The van der Waals surface area contributed by atoms with Crippen LogP contribution in [0.15, 0.2) is 84.9 Å². The molecule has 1 heterocycles. The zero-order chi connectivity index (χ0) is 38.0. The predicted octanol–water partition coefficient (Wildman–Crippen LogP) is 4.89. The van der Waals surface area contributed by atoms with E-state index in [-0.39, 0.29) is 41.2 Å². The number of ether oxygens (including phenoxy) is 5. The third kappa shape index (κ3) is 12.1. The summed E-state index contributed by atoms with van der Waals surface area (Å²) in [5.41, 5.74) is 0.790. The van der Waals surface area contributed by atoms with Gasteiger partial charge in [0.15, 0.2) is 18.5 Å². The Morgan fingerprint density at radius 2 is 1.36 bits per heavy atom. The van der Waals surface area contributed by atoms with Gasteiger partial charge in [0.05, 0.1) is 23.8 Å². The second-order valence-electron chi connectivity index (χ2n) is 12.4. The van der Waals surface area contributed by atoms with E-state index in [4.69, 9.17) is 23.7 Å². The molecule has 0 unspecified atom stereocenters. The lowest BCUT2D eigenvalue weighted by molar-refractivity contribution is -0.266. The summed E-state index contributed by atoms with van der Waals surface area (Å²) in [6.07, 6.45) is -0.326. The Balaban J connectivity index is 1.63. The number of rotatable bonds is 19. The molecule has 4 rings (SSSR count). The molecule has 0 radical (unpaired) electrons. The number of carbonyl (C=O) groups is 6. The Bertz CT molecular complexity index is 1670. The van der Waals surface area contributed by atoms with Crippen LogP contribution in [0.2, 0.25) is 0 Å². The van der Waals surface area contributed by atoms with Crippen LogP contribution >= 0.6 is 0 Å². The van der Waals surface area contributed by atoms with Gasteiger partial charge in [-0.25, -0.2) is 14.4 Å². The van der Waals surface area contributed by atoms with Gasteiger partial charge in [-0.2, -0.15) is 0 Å². The van der Waals surface area contributed by atoms with Gasteiger partial charge in [-0.15, -0.1) is 0 Å². The highest BCUT2D eigenvalue weighted by Crippen LogP contribution is 2.39. The molecule has 0 spiro atoms. The first-order valence-corrected chi connectivity index (χ1v) is 17.7. The Morgan fingerprint density at radius 3 is 1.98 bits per heavy atom. The summed E-state index contributed by atoms with van der Waals surface area (Å²) < 4.78 is 29.9. The standard InChI is InChI=1S/C40H46N2O11/c1-27(44)42-33-35(51-37(46)28-17-7-5-8-18-28)36(52-38(47)29-19-9-6-10-20-29)34(30-21-11-12-22-31(30)39(48)49-2)53-40(33)50-26-16-13-23-32(45)41-24-14-3-4-15-25-43/h5-12,17-22,25,33-36,40H,3-4,13-16,23-24,26H2,1-2H3,(H,41,45)(H,42,44)/t33-,34-,35-,36-,40-/m1/s1. The molecule has 3 aromatic rings. The Labute approximate surface area is 308 Å². The molecule has 0 saturated carbocycles. The zero-order valence-electron chi connectivity index (χ0n) is 29.9. The van der Waals surface area contributed by atoms with Crippen LogP contribution in [0.1, 0.15) is 94.6 Å². The number of carbonyl (C=O) groups excluding carboxylic acids is 6. The van der Waals surface area contributed by atoms with Crippen molar-refractivity contribution in [1.29, 1.82) is 0 Å². The predicted molar refractivity (Wildman–Crippen MR) is 192 cm³/mol. The van der Waals surface area contributed by atoms with Crippen molar-refractivity contribution >= 4 is 36.0 Å². The molecule has 0 bridgehead atoms. The Hall–Kier alpha value is -5.40. The van der Waals surface area contributed by atoms with Crippen LogP contribution in [0, 0.1) is 0 Å². The fourth-order valence-electron chi connectivity index (χ4n) is 5.89. The SMILES string of the molecule is COC(=O)c1ccccc1[C@H]1O[C@@H](OCCCCC(=O)NCCCCCC=O)[C@H](NC(C)=O)[C@@H](OC(=O)c2ccccc2)[C@@H]1OC(=O)c1ccccc1. The highest BCUT2D eigenvalue weighted by atomic mass is 16.7. The van der Waals surface area contributed by atoms with Crippen LogP contribution in [-0.2, 0) is 38.1 Å². The van der Waals surface area contributed by atoms with Gasteiger partial charge in [0.25, 0.3) is 0 Å². The average molecular weight is 731 g/mol. The minimum Gasteiger partial charge on any atom is -0.465 e. The maximum atomic E-state index is 13.6. The monoisotopic (exact) mass is 730 g/mol. The van der Waals surface area contributed by atoms with Crippen LogP contribution in [0.4, 0.5) is 0 Å². The van der Waals surface area contributed by atoms with Crippen molar-refractivity contribution < 1.29 is 52.5 Å². The lowest BCUT2D eigenvalue weighted by Gasteiger charge is -2.45. The van der Waals surface area contributed by atoms with Gasteiger partial charge in [-0.1, -0.05) is 61.0 Å². The van der Waals surface area contributed by atoms with Crippen LogP contribution in [0.3, 0.4) is 0 Å². The first-order valence-electron chi connectivity index (χ1n) is 17.7. The van der Waals surface area contributed by atoms with E-state index in [2.05, 4.69) is 10.6 Å². The number of unbranched alkanes of at least 4 members (excludes halogenated alkanes) is 4. The number of aldehydes is 1. The largest absolute Gasteiger partial charge is 0.465 e. The number of esters is 3. The normalized spacial score (nSPS) is 19.3. The van der Waals surface area contributed by atoms with Gasteiger partial charge in [0.1, 0.15) is 18.4 Å². The van der Waals surface area contributed by atoms with E-state index < -0.39 is 54.5 Å². The van der Waals surface area contributed by atoms with Crippen molar-refractivity contribution in [2.24, 2.45) is 0 Å². The smallest absolute Gasteiger partial charge is 0.338 e. The molecule has 2 amide bonds. The van der Waals surface area contributed by atoms with Crippen molar-refractivity contribution in [3.8, 4) is 0 Å². The lowest BCUT2D eigenvalue weighted by atomic mass is 9.89. The van der Waals surface area contributed by atoms with Crippen molar-refractivity contribution in [2.75, 3.05) is 20.3 Å². The van der Waals surface area contributed by atoms with E-state index in [0.29, 0.717) is 25.8 Å². The summed E-state index contributed by atoms with van der Waals surface area (Å²) in [6, 6.07) is 21.6. The van der Waals surface area contributed by atoms with Gasteiger partial charge >= 0.3 is 17.9 Å². The summed E-state index contributed by atoms with van der Waals surface area (Å²) in [5.74, 6) is -2.82. The first-order chi connectivity index (χ1) is 25.7. The fourth-order valence-corrected chi connectivity index (χ4v) is 5.89. The van der Waals surface area contributed by atoms with Gasteiger partial charge in [-0.3, -0.25) is 9.59 Å². The molecule has 1 aliphatic rings. The van der Waals surface area contributed by atoms with Crippen molar-refractivity contribution in [3.05, 3.63) is 107 Å². The summed E-state index contributed by atoms with van der Waals surface area (Å²) >= 11 is 0. The molecule has 0 aromatic heterocycles. The molecule has 53 heavy (non-hydrogen) atoms. The maximum Gasteiger partial charge on any atom is 0.338 e. The summed E-state index contributed by atoms with van der Waals surface area (Å²) in [7, 11) is 1.23. The van der Waals surface area contributed by atoms with E-state index in [0.717, 1.165) is 25.5 Å². The second-order valence-corrected chi connectivity index (χ2v) is 12.4. The van der Waals surface area contributed by atoms with E-state index in [1.807, 2.05) is 0 Å². The van der Waals surface area contributed by atoms with Gasteiger partial charge in [0.2, 0.25) is 11.8 Å². The topological polar surface area (TPSA) is 173 Å². The van der Waals surface area contributed by atoms with Gasteiger partial charge in [-0.05, 0) is 61.6 Å². The van der Waals surface area contributed by atoms with E-state index in [9.17, 15) is 28.8 Å². The molecule has 1 aliphatic heterocycles. The highest BCUT2D eigenvalue weighted by molar-refractivity contribution is 5.92. The molecular weight excluding hydrogens is 684 g/mol. The minimum atomic E-state index is -1.40. The van der Waals surface area contributed by atoms with E-state index in [1.54, 1.807) is 78.9 Å². The summed E-state index contributed by atoms with van der Waals surface area (Å²) in [5, 5.41) is 5.64. The molecular formula is C40H46N2O11. The van der Waals surface area contributed by atoms with Crippen molar-refractivity contribution in [2.45, 2.75) is 82.5 Å². The average Bonchev–Trinajstić information content (AvgIpc) is 3.17. The van der Waals surface area contributed by atoms with Crippen molar-refractivity contribution in [3.63, 3.8) is 0 Å². The van der Waals surface area contributed by atoms with Crippen molar-refractivity contribution in [1.82, 2.24) is 10.6 Å². The quantitative estimate of drug-likeness (QED) is 0.0745. The number of hydrogen-bond donors (Lipinski definition) is 2. The number of hydrogen-bond acceptors (Lipinski definition) is 11. The Kier molecular flexibility index (Phi) is 16.2. The minimum absolute atomic E-state index is 0.0823. The third-order valence-corrected chi connectivity index (χ3v) is 8.50. The molecule has 2 N–H and O–H groups in total. The fraction of sp³-hybridized carbons (Fsp3) is 0.400. The molecule has 3 aromatic carbocycles. The molecule has 282 valence electrons. The molecule has 5 atom stereocenters. The van der Waals surface area contributed by atoms with Gasteiger partial charge < -0.3 is 39.1 Å². The van der Waals surface area contributed by atoms with Crippen LogP contribution in [0.25, 0.3) is 0 Å². The molecule has 1 fully saturated rings. The lowest BCUT2D eigenvalue weighted by Crippen LogP contribution is -2.63. The third-order valence-electron chi connectivity index (χ3n) is 8.50. The summed E-state index contributed by atoms with van der Waals surface area (Å²) in [6.45, 7) is 1.88. The molecule has 0 aliphatic carbocycles. The highest BCUT2D eigenvalue weighted by Gasteiger charge is 2.52. The number of benzene rings is 3. The number of amides is 2. The maximum absolute atomic E-state index is 13.6. The first kappa shape index (κ1) is 40.4. The van der Waals surface area contributed by atoms with E-state index in [1.165, 1.54) is 20.1 Å². The molecule has 1 saturated heterocycles. The van der Waals surface area contributed by atoms with Crippen LogP contribution in [-0.4, -0.2) is 80.8 Å². The Morgan fingerprint density at radius 1 is 0.736 bits per heavy atom. The van der Waals surface area contributed by atoms with Crippen LogP contribution < -0.4 is 10.6 Å². The zero-order valence-corrected chi connectivity index (χ0v) is 29.9.